The van der Waals surface area contributed by atoms with Crippen molar-refractivity contribution >= 4 is 17.1 Å². The van der Waals surface area contributed by atoms with E-state index in [0.29, 0.717) is 5.41 Å². The molecule has 0 atom stereocenters. The zero-order chi connectivity index (χ0) is 17.7. The summed E-state index contributed by atoms with van der Waals surface area (Å²) in [6.07, 6.45) is 2.30. The highest BCUT2D eigenvalue weighted by Crippen LogP contribution is 2.34. The van der Waals surface area contributed by atoms with E-state index in [1.165, 1.54) is 29.0 Å². The largest absolute Gasteiger partial charge is 0.311 e. The molecular weight excluding hydrogens is 302 g/mol. The van der Waals surface area contributed by atoms with Crippen molar-refractivity contribution in [2.45, 2.75) is 33.6 Å². The molecule has 0 N–H and O–H groups in total. The van der Waals surface area contributed by atoms with Crippen LogP contribution in [0, 0.1) is 5.41 Å². The Balaban J connectivity index is 1.95. The van der Waals surface area contributed by atoms with Crippen LogP contribution >= 0.6 is 0 Å². The molecule has 0 aliphatic carbocycles. The van der Waals surface area contributed by atoms with E-state index >= 15 is 0 Å². The van der Waals surface area contributed by atoms with Crippen molar-refractivity contribution in [3.05, 3.63) is 90.5 Å². The van der Waals surface area contributed by atoms with Crippen LogP contribution in [0.15, 0.2) is 84.9 Å². The number of hydrogen-bond acceptors (Lipinski definition) is 1. The Hall–Kier alpha value is -2.54. The second-order valence-corrected chi connectivity index (χ2v) is 7.37. The van der Waals surface area contributed by atoms with E-state index in [9.17, 15) is 0 Å². The van der Waals surface area contributed by atoms with Crippen molar-refractivity contribution in [2.24, 2.45) is 5.41 Å². The van der Waals surface area contributed by atoms with Crippen molar-refractivity contribution in [3.63, 3.8) is 0 Å². The number of rotatable bonds is 6. The van der Waals surface area contributed by atoms with E-state index in [-0.39, 0.29) is 0 Å². The molecule has 3 aromatic carbocycles. The summed E-state index contributed by atoms with van der Waals surface area (Å²) >= 11 is 0. The standard InChI is InChI=1S/C24H27N/c1-4-24(2,3)19-20-15-17-23(18-16-20)25(21-11-7-5-8-12-21)22-13-9-6-10-14-22/h5-18H,4,19H2,1-3H3. The van der Waals surface area contributed by atoms with Gasteiger partial charge < -0.3 is 4.90 Å². The van der Waals surface area contributed by atoms with E-state index in [0.717, 1.165) is 6.42 Å². The first-order valence-corrected chi connectivity index (χ1v) is 9.08. The summed E-state index contributed by atoms with van der Waals surface area (Å²) in [5, 5.41) is 0. The van der Waals surface area contributed by atoms with Crippen LogP contribution in [-0.4, -0.2) is 0 Å². The summed E-state index contributed by atoms with van der Waals surface area (Å²) in [7, 11) is 0. The van der Waals surface area contributed by atoms with Crippen LogP contribution < -0.4 is 4.90 Å². The molecule has 25 heavy (non-hydrogen) atoms. The summed E-state index contributed by atoms with van der Waals surface area (Å²) in [6, 6.07) is 30.1. The Kier molecular flexibility index (Phi) is 5.23. The monoisotopic (exact) mass is 329 g/mol. The molecule has 0 saturated carbocycles. The summed E-state index contributed by atoms with van der Waals surface area (Å²) < 4.78 is 0. The van der Waals surface area contributed by atoms with Gasteiger partial charge in [-0.15, -0.1) is 0 Å². The average Bonchev–Trinajstić information content (AvgIpc) is 2.65. The lowest BCUT2D eigenvalue weighted by Crippen LogP contribution is -2.13. The van der Waals surface area contributed by atoms with Gasteiger partial charge in [-0.2, -0.15) is 0 Å². The third kappa shape index (κ3) is 4.30. The van der Waals surface area contributed by atoms with Gasteiger partial charge in [-0.05, 0) is 53.8 Å². The van der Waals surface area contributed by atoms with Crippen LogP contribution in [0.3, 0.4) is 0 Å². The lowest BCUT2D eigenvalue weighted by molar-refractivity contribution is 0.349. The van der Waals surface area contributed by atoms with E-state index in [4.69, 9.17) is 0 Å². The molecule has 0 unspecified atom stereocenters. The topological polar surface area (TPSA) is 3.24 Å². The molecule has 0 saturated heterocycles. The summed E-state index contributed by atoms with van der Waals surface area (Å²) in [6.45, 7) is 6.93. The van der Waals surface area contributed by atoms with Crippen LogP contribution in [0.5, 0.6) is 0 Å². The lowest BCUT2D eigenvalue weighted by atomic mass is 9.83. The minimum Gasteiger partial charge on any atom is -0.311 e. The normalized spacial score (nSPS) is 11.3. The summed E-state index contributed by atoms with van der Waals surface area (Å²) in [4.78, 5) is 2.30. The maximum absolute atomic E-state index is 2.33. The lowest BCUT2D eigenvalue weighted by Gasteiger charge is -2.26. The van der Waals surface area contributed by atoms with Crippen LogP contribution in [0.1, 0.15) is 32.8 Å². The van der Waals surface area contributed by atoms with Gasteiger partial charge in [0.15, 0.2) is 0 Å². The molecular formula is C24H27N. The quantitative estimate of drug-likeness (QED) is 0.464. The first-order chi connectivity index (χ1) is 12.1. The predicted molar refractivity (Wildman–Crippen MR) is 109 cm³/mol. The highest BCUT2D eigenvalue weighted by atomic mass is 15.1. The Morgan fingerprint density at radius 1 is 0.640 bits per heavy atom. The molecule has 0 spiro atoms. The van der Waals surface area contributed by atoms with Gasteiger partial charge in [-0.1, -0.05) is 75.7 Å². The molecule has 0 fully saturated rings. The molecule has 3 rings (SSSR count). The maximum Gasteiger partial charge on any atom is 0.0461 e. The van der Waals surface area contributed by atoms with Crippen LogP contribution in [0.4, 0.5) is 17.1 Å². The van der Waals surface area contributed by atoms with Gasteiger partial charge in [-0.3, -0.25) is 0 Å². The van der Waals surface area contributed by atoms with Crippen LogP contribution in [0.2, 0.25) is 0 Å². The highest BCUT2D eigenvalue weighted by molar-refractivity contribution is 5.76. The predicted octanol–water partition coefficient (Wildman–Crippen LogP) is 7.14. The van der Waals surface area contributed by atoms with Crippen molar-refractivity contribution in [1.29, 1.82) is 0 Å². The molecule has 0 aliphatic heterocycles. The Morgan fingerprint density at radius 2 is 1.08 bits per heavy atom. The number of anilines is 3. The Labute approximate surface area is 151 Å². The molecule has 0 radical (unpaired) electrons. The molecule has 0 aromatic heterocycles. The van der Waals surface area contributed by atoms with Gasteiger partial charge in [0.2, 0.25) is 0 Å². The maximum atomic E-state index is 2.33. The molecule has 0 bridgehead atoms. The molecule has 3 aromatic rings. The van der Waals surface area contributed by atoms with Crippen molar-refractivity contribution in [2.75, 3.05) is 4.90 Å². The smallest absolute Gasteiger partial charge is 0.0461 e. The number of para-hydroxylation sites is 2. The van der Waals surface area contributed by atoms with E-state index in [1.807, 2.05) is 0 Å². The summed E-state index contributed by atoms with van der Waals surface area (Å²) in [5.41, 5.74) is 5.29. The molecule has 0 amide bonds. The van der Waals surface area contributed by atoms with E-state index < -0.39 is 0 Å². The van der Waals surface area contributed by atoms with Crippen molar-refractivity contribution in [1.82, 2.24) is 0 Å². The number of hydrogen-bond donors (Lipinski definition) is 0. The third-order valence-corrected chi connectivity index (χ3v) is 4.86. The first kappa shape index (κ1) is 17.3. The summed E-state index contributed by atoms with van der Waals surface area (Å²) in [5.74, 6) is 0. The number of benzene rings is 3. The fraction of sp³-hybridized carbons (Fsp3) is 0.250. The SMILES string of the molecule is CCC(C)(C)Cc1ccc(N(c2ccccc2)c2ccccc2)cc1. The van der Waals surface area contributed by atoms with E-state index in [2.05, 4.69) is 111 Å². The minimum atomic E-state index is 0.347. The molecule has 0 heterocycles. The van der Waals surface area contributed by atoms with Crippen LogP contribution in [-0.2, 0) is 6.42 Å². The highest BCUT2D eigenvalue weighted by Gasteiger charge is 2.16. The zero-order valence-corrected chi connectivity index (χ0v) is 15.4. The van der Waals surface area contributed by atoms with E-state index in [1.54, 1.807) is 0 Å². The molecule has 0 aliphatic rings. The molecule has 1 heteroatoms. The Bertz CT molecular complexity index is 734. The van der Waals surface area contributed by atoms with Crippen molar-refractivity contribution in [3.8, 4) is 0 Å². The second kappa shape index (κ2) is 7.57. The van der Waals surface area contributed by atoms with Gasteiger partial charge in [0, 0.05) is 17.1 Å². The first-order valence-electron chi connectivity index (χ1n) is 9.08. The van der Waals surface area contributed by atoms with Gasteiger partial charge in [-0.25, -0.2) is 0 Å². The molecule has 128 valence electrons. The van der Waals surface area contributed by atoms with Crippen LogP contribution in [0.25, 0.3) is 0 Å². The second-order valence-electron chi connectivity index (χ2n) is 7.37. The minimum absolute atomic E-state index is 0.347. The Morgan fingerprint density at radius 3 is 1.52 bits per heavy atom. The average molecular weight is 329 g/mol. The number of nitrogens with zero attached hydrogens (tertiary/aromatic N) is 1. The third-order valence-electron chi connectivity index (χ3n) is 4.86. The van der Waals surface area contributed by atoms with Gasteiger partial charge in [0.05, 0.1) is 0 Å². The zero-order valence-electron chi connectivity index (χ0n) is 15.4. The van der Waals surface area contributed by atoms with Gasteiger partial charge in [0.1, 0.15) is 0 Å². The fourth-order valence-electron chi connectivity index (χ4n) is 3.04. The van der Waals surface area contributed by atoms with Gasteiger partial charge >= 0.3 is 0 Å². The fourth-order valence-corrected chi connectivity index (χ4v) is 3.04. The molecule has 1 nitrogen and oxygen atoms in total. The van der Waals surface area contributed by atoms with Gasteiger partial charge in [0.25, 0.3) is 0 Å². The van der Waals surface area contributed by atoms with Crippen molar-refractivity contribution < 1.29 is 0 Å².